The number of hydrogen-bond acceptors (Lipinski definition) is 3. The zero-order valence-electron chi connectivity index (χ0n) is 17.0. The van der Waals surface area contributed by atoms with E-state index in [1.54, 1.807) is 0 Å². The fraction of sp³-hybridized carbons (Fsp3) is 0.455. The minimum atomic E-state index is 0.922. The highest BCUT2D eigenvalue weighted by atomic mass is 15.3. The third kappa shape index (κ3) is 4.86. The first-order chi connectivity index (χ1) is 13.1. The molecule has 0 bridgehead atoms. The smallest absolute Gasteiger partial charge is 0.0945 e. The summed E-state index contributed by atoms with van der Waals surface area (Å²) in [4.78, 5) is 6.69. The van der Waals surface area contributed by atoms with Gasteiger partial charge in [-0.2, -0.15) is 5.10 Å². The number of nitrogens with zero attached hydrogens (tertiary/aromatic N) is 5. The molecule has 2 heterocycles. The molecule has 3 rings (SSSR count). The van der Waals surface area contributed by atoms with Crippen LogP contribution in [0.15, 0.2) is 43.0 Å². The maximum Gasteiger partial charge on any atom is 0.0945 e. The Kier molecular flexibility index (Phi) is 6.45. The molecule has 0 unspecified atom stereocenters. The molecule has 3 aromatic rings. The predicted octanol–water partition coefficient (Wildman–Crippen LogP) is 4.12. The predicted molar refractivity (Wildman–Crippen MR) is 110 cm³/mol. The van der Waals surface area contributed by atoms with Crippen LogP contribution in [0.2, 0.25) is 0 Å². The summed E-state index contributed by atoms with van der Waals surface area (Å²) >= 11 is 0. The molecule has 2 aromatic heterocycles. The number of hydrogen-bond donors (Lipinski definition) is 0. The molecule has 0 atom stereocenters. The molecule has 144 valence electrons. The topological polar surface area (TPSA) is 38.9 Å². The lowest BCUT2D eigenvalue weighted by atomic mass is 10.1. The van der Waals surface area contributed by atoms with Gasteiger partial charge in [0.05, 0.1) is 12.0 Å². The van der Waals surface area contributed by atoms with E-state index in [9.17, 15) is 0 Å². The number of aryl methyl sites for hydroxylation is 4. The van der Waals surface area contributed by atoms with Crippen LogP contribution >= 0.6 is 0 Å². The van der Waals surface area contributed by atoms with E-state index in [0.717, 1.165) is 44.8 Å². The average molecular weight is 366 g/mol. The van der Waals surface area contributed by atoms with Gasteiger partial charge >= 0.3 is 0 Å². The normalized spacial score (nSPS) is 11.4. The molecule has 5 nitrogen and oxygen atoms in total. The number of rotatable bonds is 9. The van der Waals surface area contributed by atoms with Gasteiger partial charge < -0.3 is 4.57 Å². The fourth-order valence-electron chi connectivity index (χ4n) is 3.63. The Morgan fingerprint density at radius 1 is 1.07 bits per heavy atom. The first-order valence-electron chi connectivity index (χ1n) is 9.84. The van der Waals surface area contributed by atoms with Crippen molar-refractivity contribution in [1.29, 1.82) is 0 Å². The molecule has 27 heavy (non-hydrogen) atoms. The van der Waals surface area contributed by atoms with Gasteiger partial charge in [-0.3, -0.25) is 9.58 Å². The lowest BCUT2D eigenvalue weighted by Gasteiger charge is -2.24. The Morgan fingerprint density at radius 2 is 1.89 bits per heavy atom. The van der Waals surface area contributed by atoms with Gasteiger partial charge in [0.1, 0.15) is 0 Å². The largest absolute Gasteiger partial charge is 0.337 e. The zero-order chi connectivity index (χ0) is 19.2. The molecule has 0 amide bonds. The van der Waals surface area contributed by atoms with Crippen LogP contribution in [0, 0.1) is 20.8 Å². The van der Waals surface area contributed by atoms with Crippen molar-refractivity contribution in [1.82, 2.24) is 24.2 Å². The van der Waals surface area contributed by atoms with Gasteiger partial charge in [0.15, 0.2) is 0 Å². The maximum atomic E-state index is 4.70. The fourth-order valence-corrected chi connectivity index (χ4v) is 3.63. The highest BCUT2D eigenvalue weighted by Crippen LogP contribution is 2.19. The summed E-state index contributed by atoms with van der Waals surface area (Å²) in [6, 6.07) is 8.69. The van der Waals surface area contributed by atoms with Gasteiger partial charge in [-0.05, 0) is 45.2 Å². The molecule has 0 saturated heterocycles. The van der Waals surface area contributed by atoms with E-state index in [0.29, 0.717) is 0 Å². The van der Waals surface area contributed by atoms with Crippen molar-refractivity contribution in [3.8, 4) is 0 Å². The molecule has 0 fully saturated rings. The second-order valence-corrected chi connectivity index (χ2v) is 7.26. The van der Waals surface area contributed by atoms with Gasteiger partial charge in [-0.15, -0.1) is 0 Å². The van der Waals surface area contributed by atoms with E-state index in [1.165, 1.54) is 22.4 Å². The second kappa shape index (κ2) is 9.00. The van der Waals surface area contributed by atoms with Crippen LogP contribution in [0.25, 0.3) is 0 Å². The minimum Gasteiger partial charge on any atom is -0.337 e. The zero-order valence-corrected chi connectivity index (χ0v) is 17.0. The molecular formula is C22H31N5. The van der Waals surface area contributed by atoms with Gasteiger partial charge in [-0.25, -0.2) is 4.98 Å². The summed E-state index contributed by atoms with van der Waals surface area (Å²) in [5.74, 6) is 0. The third-order valence-corrected chi connectivity index (χ3v) is 5.32. The van der Waals surface area contributed by atoms with Crippen molar-refractivity contribution in [2.75, 3.05) is 6.54 Å². The lowest BCUT2D eigenvalue weighted by Crippen LogP contribution is -2.26. The Bertz CT molecular complexity index is 848. The highest BCUT2D eigenvalue weighted by Gasteiger charge is 2.15. The molecule has 0 aliphatic heterocycles. The van der Waals surface area contributed by atoms with E-state index < -0.39 is 0 Å². The molecule has 5 heteroatoms. The monoisotopic (exact) mass is 365 g/mol. The molecule has 0 aliphatic rings. The molecule has 0 spiro atoms. The van der Waals surface area contributed by atoms with Gasteiger partial charge in [0.2, 0.25) is 0 Å². The number of benzene rings is 1. The summed E-state index contributed by atoms with van der Waals surface area (Å²) in [5.41, 5.74) is 6.57. The van der Waals surface area contributed by atoms with Gasteiger partial charge in [0, 0.05) is 56.4 Å². The first-order valence-corrected chi connectivity index (χ1v) is 9.84. The van der Waals surface area contributed by atoms with Crippen LogP contribution in [0.4, 0.5) is 0 Å². The van der Waals surface area contributed by atoms with Crippen molar-refractivity contribution in [2.24, 2.45) is 0 Å². The van der Waals surface area contributed by atoms with Crippen LogP contribution in [-0.4, -0.2) is 30.8 Å². The molecule has 0 N–H and O–H groups in total. The van der Waals surface area contributed by atoms with Crippen molar-refractivity contribution in [3.63, 3.8) is 0 Å². The summed E-state index contributed by atoms with van der Waals surface area (Å²) in [6.07, 6.45) is 6.87. The molecular weight excluding hydrogens is 334 g/mol. The Morgan fingerprint density at radius 3 is 2.56 bits per heavy atom. The van der Waals surface area contributed by atoms with Gasteiger partial charge in [-0.1, -0.05) is 24.3 Å². The molecule has 0 aliphatic carbocycles. The first kappa shape index (κ1) is 19.4. The molecule has 0 saturated carbocycles. The Labute approximate surface area is 162 Å². The van der Waals surface area contributed by atoms with Crippen LogP contribution in [-0.2, 0) is 26.2 Å². The van der Waals surface area contributed by atoms with E-state index in [-0.39, 0.29) is 0 Å². The second-order valence-electron chi connectivity index (χ2n) is 7.26. The van der Waals surface area contributed by atoms with Crippen molar-refractivity contribution in [2.45, 2.75) is 60.3 Å². The quantitative estimate of drug-likeness (QED) is 0.573. The summed E-state index contributed by atoms with van der Waals surface area (Å²) in [6.45, 7) is 13.5. The molecule has 1 aromatic carbocycles. The van der Waals surface area contributed by atoms with Crippen molar-refractivity contribution < 1.29 is 0 Å². The SMILES string of the molecule is CCn1nc(C)c(CN(CCCn2ccnc2)Cc2ccccc2C)c1C. The summed E-state index contributed by atoms with van der Waals surface area (Å²) in [5, 5.41) is 4.70. The number of aromatic nitrogens is 4. The van der Waals surface area contributed by atoms with Crippen LogP contribution in [0.1, 0.15) is 41.4 Å². The van der Waals surface area contributed by atoms with Crippen LogP contribution in [0.5, 0.6) is 0 Å². The molecule has 0 radical (unpaired) electrons. The summed E-state index contributed by atoms with van der Waals surface area (Å²) < 4.78 is 4.26. The van der Waals surface area contributed by atoms with Gasteiger partial charge in [0.25, 0.3) is 0 Å². The lowest BCUT2D eigenvalue weighted by molar-refractivity contribution is 0.247. The Balaban J connectivity index is 1.74. The van der Waals surface area contributed by atoms with E-state index in [1.807, 2.05) is 18.7 Å². The van der Waals surface area contributed by atoms with E-state index >= 15 is 0 Å². The Hall–Kier alpha value is -2.40. The minimum absolute atomic E-state index is 0.922. The van der Waals surface area contributed by atoms with Crippen LogP contribution in [0.3, 0.4) is 0 Å². The summed E-state index contributed by atoms with van der Waals surface area (Å²) in [7, 11) is 0. The third-order valence-electron chi connectivity index (χ3n) is 5.32. The number of imidazole rings is 1. The average Bonchev–Trinajstić information content (AvgIpc) is 3.26. The van der Waals surface area contributed by atoms with Crippen molar-refractivity contribution in [3.05, 3.63) is 71.1 Å². The van der Waals surface area contributed by atoms with E-state index in [2.05, 4.69) is 71.1 Å². The standard InChI is InChI=1S/C22H31N5/c1-5-27-20(4)22(19(3)24-27)16-26(13-8-12-25-14-11-23-17-25)15-21-10-7-6-9-18(21)2/h6-7,9-11,14,17H,5,8,12-13,15-16H2,1-4H3. The maximum absolute atomic E-state index is 4.70. The van der Waals surface area contributed by atoms with Crippen LogP contribution < -0.4 is 0 Å². The van der Waals surface area contributed by atoms with E-state index in [4.69, 9.17) is 5.10 Å². The van der Waals surface area contributed by atoms with Crippen molar-refractivity contribution >= 4 is 0 Å². The highest BCUT2D eigenvalue weighted by molar-refractivity contribution is 5.27.